The molecule has 1 heterocycles. The van der Waals surface area contributed by atoms with Gasteiger partial charge >= 0.3 is 0 Å². The number of nitrogens with two attached hydrogens (primary N) is 1. The number of carbonyl (C=O) groups excluding carboxylic acids is 1. The first-order valence-corrected chi connectivity index (χ1v) is 11.1. The van der Waals surface area contributed by atoms with E-state index in [-0.39, 0.29) is 29.8 Å². The van der Waals surface area contributed by atoms with Crippen LogP contribution < -0.4 is 5.73 Å². The SMILES string of the molecule is N[C@H]1CCN(C(=O)C2(F)CCC2)C[C@H]1COC1CCC(c2cccc(F)c2)CC1. The highest BCUT2D eigenvalue weighted by Gasteiger charge is 2.48. The summed E-state index contributed by atoms with van der Waals surface area (Å²) in [4.78, 5) is 14.2. The summed E-state index contributed by atoms with van der Waals surface area (Å²) in [7, 11) is 0. The molecule has 2 aliphatic carbocycles. The van der Waals surface area contributed by atoms with Gasteiger partial charge in [0.25, 0.3) is 5.91 Å². The molecule has 1 aromatic rings. The number of nitrogens with zero attached hydrogens (tertiary/aromatic N) is 1. The topological polar surface area (TPSA) is 55.6 Å². The van der Waals surface area contributed by atoms with Gasteiger partial charge in [0.2, 0.25) is 0 Å². The van der Waals surface area contributed by atoms with Crippen LogP contribution in [0.3, 0.4) is 0 Å². The second-order valence-corrected chi connectivity index (χ2v) is 9.14. The Labute approximate surface area is 171 Å². The maximum atomic E-state index is 14.5. The highest BCUT2D eigenvalue weighted by atomic mass is 19.1. The van der Waals surface area contributed by atoms with Crippen LogP contribution in [0.5, 0.6) is 0 Å². The predicted octanol–water partition coefficient (Wildman–Crippen LogP) is 3.94. The van der Waals surface area contributed by atoms with Crippen LogP contribution in [-0.2, 0) is 9.53 Å². The van der Waals surface area contributed by atoms with E-state index in [9.17, 15) is 13.6 Å². The van der Waals surface area contributed by atoms with Crippen LogP contribution in [0.25, 0.3) is 0 Å². The molecule has 0 bridgehead atoms. The van der Waals surface area contributed by atoms with Gasteiger partial charge in [-0.05, 0) is 75.0 Å². The summed E-state index contributed by atoms with van der Waals surface area (Å²) in [6.45, 7) is 1.55. The highest BCUT2D eigenvalue weighted by molar-refractivity contribution is 5.86. The van der Waals surface area contributed by atoms with Crippen molar-refractivity contribution in [1.82, 2.24) is 4.90 Å². The molecule has 2 N–H and O–H groups in total. The molecule has 1 aliphatic heterocycles. The summed E-state index contributed by atoms with van der Waals surface area (Å²) in [5.41, 5.74) is 5.71. The van der Waals surface area contributed by atoms with E-state index in [1.807, 2.05) is 6.07 Å². The number of hydrogen-bond acceptors (Lipinski definition) is 3. The van der Waals surface area contributed by atoms with E-state index < -0.39 is 5.67 Å². The van der Waals surface area contributed by atoms with Crippen LogP contribution in [0.15, 0.2) is 24.3 Å². The van der Waals surface area contributed by atoms with E-state index in [0.717, 1.165) is 37.7 Å². The summed E-state index contributed by atoms with van der Waals surface area (Å²) in [5.74, 6) is -0.0874. The first-order valence-electron chi connectivity index (χ1n) is 11.1. The monoisotopic (exact) mass is 406 g/mol. The Morgan fingerprint density at radius 3 is 2.62 bits per heavy atom. The van der Waals surface area contributed by atoms with Crippen molar-refractivity contribution >= 4 is 5.91 Å². The Kier molecular flexibility index (Phi) is 6.21. The molecule has 0 radical (unpaired) electrons. The molecule has 6 heteroatoms. The van der Waals surface area contributed by atoms with Crippen LogP contribution in [0, 0.1) is 11.7 Å². The molecule has 0 spiro atoms. The molecule has 3 fully saturated rings. The van der Waals surface area contributed by atoms with Crippen molar-refractivity contribution in [1.29, 1.82) is 0 Å². The minimum atomic E-state index is -1.64. The largest absolute Gasteiger partial charge is 0.378 e. The zero-order valence-corrected chi connectivity index (χ0v) is 17.0. The molecule has 2 saturated carbocycles. The minimum Gasteiger partial charge on any atom is -0.378 e. The van der Waals surface area contributed by atoms with E-state index in [2.05, 4.69) is 0 Å². The average Bonchev–Trinajstić information content (AvgIpc) is 2.71. The lowest BCUT2D eigenvalue weighted by atomic mass is 9.80. The highest BCUT2D eigenvalue weighted by Crippen LogP contribution is 2.38. The molecule has 2 atom stereocenters. The van der Waals surface area contributed by atoms with Crippen molar-refractivity contribution in [3.8, 4) is 0 Å². The lowest BCUT2D eigenvalue weighted by Crippen LogP contribution is -2.57. The number of carbonyl (C=O) groups is 1. The maximum Gasteiger partial charge on any atom is 0.260 e. The zero-order valence-electron chi connectivity index (χ0n) is 17.0. The summed E-state index contributed by atoms with van der Waals surface area (Å²) in [5, 5.41) is 0. The van der Waals surface area contributed by atoms with Gasteiger partial charge in [0, 0.05) is 25.0 Å². The number of piperidine rings is 1. The summed E-state index contributed by atoms with van der Waals surface area (Å²) < 4.78 is 34.1. The van der Waals surface area contributed by atoms with Crippen molar-refractivity contribution in [3.63, 3.8) is 0 Å². The van der Waals surface area contributed by atoms with E-state index in [4.69, 9.17) is 10.5 Å². The Morgan fingerprint density at radius 2 is 1.97 bits per heavy atom. The molecule has 160 valence electrons. The quantitative estimate of drug-likeness (QED) is 0.806. The molecule has 3 aliphatic rings. The Bertz CT molecular complexity index is 717. The van der Waals surface area contributed by atoms with E-state index in [1.54, 1.807) is 17.0 Å². The van der Waals surface area contributed by atoms with Crippen LogP contribution >= 0.6 is 0 Å². The lowest BCUT2D eigenvalue weighted by Gasteiger charge is -2.42. The fraction of sp³-hybridized carbons (Fsp3) is 0.696. The zero-order chi connectivity index (χ0) is 20.4. The van der Waals surface area contributed by atoms with Gasteiger partial charge in [0.1, 0.15) is 5.82 Å². The van der Waals surface area contributed by atoms with Crippen molar-refractivity contribution in [2.75, 3.05) is 19.7 Å². The molecular weight excluding hydrogens is 374 g/mol. The van der Waals surface area contributed by atoms with Crippen molar-refractivity contribution in [2.45, 2.75) is 75.1 Å². The average molecular weight is 407 g/mol. The molecule has 0 aromatic heterocycles. The number of benzene rings is 1. The molecule has 4 rings (SSSR count). The van der Waals surface area contributed by atoms with Crippen molar-refractivity contribution in [2.24, 2.45) is 11.7 Å². The van der Waals surface area contributed by atoms with Gasteiger partial charge in [0.15, 0.2) is 5.67 Å². The predicted molar refractivity (Wildman–Crippen MR) is 108 cm³/mol. The summed E-state index contributed by atoms with van der Waals surface area (Å²) in [6, 6.07) is 6.88. The molecule has 0 unspecified atom stereocenters. The van der Waals surface area contributed by atoms with Crippen molar-refractivity contribution < 1.29 is 18.3 Å². The fourth-order valence-corrected chi connectivity index (χ4v) is 4.98. The summed E-state index contributed by atoms with van der Waals surface area (Å²) >= 11 is 0. The smallest absolute Gasteiger partial charge is 0.260 e. The number of alkyl halides is 1. The Balaban J connectivity index is 1.25. The second kappa shape index (κ2) is 8.68. The molecule has 4 nitrogen and oxygen atoms in total. The first kappa shape index (κ1) is 20.7. The number of hydrogen-bond donors (Lipinski definition) is 1. The van der Waals surface area contributed by atoms with Crippen LogP contribution in [-0.4, -0.2) is 48.3 Å². The molecule has 1 aromatic carbocycles. The van der Waals surface area contributed by atoms with Gasteiger partial charge in [0.05, 0.1) is 12.7 Å². The van der Waals surface area contributed by atoms with E-state index >= 15 is 0 Å². The number of likely N-dealkylation sites (tertiary alicyclic amines) is 1. The standard InChI is InChI=1S/C23H32F2N2O2/c24-19-4-1-3-17(13-19)16-5-7-20(8-6-16)29-15-18-14-27(12-9-21(18)26)22(28)23(25)10-2-11-23/h1,3-4,13,16,18,20-21H,2,5-12,14-15,26H2/t16?,18-,20?,21-/m0/s1. The van der Waals surface area contributed by atoms with Crippen LogP contribution in [0.1, 0.15) is 62.8 Å². The van der Waals surface area contributed by atoms with Gasteiger partial charge in [-0.2, -0.15) is 0 Å². The van der Waals surface area contributed by atoms with E-state index in [0.29, 0.717) is 44.9 Å². The van der Waals surface area contributed by atoms with Crippen molar-refractivity contribution in [3.05, 3.63) is 35.6 Å². The third kappa shape index (κ3) is 4.64. The number of ether oxygens (including phenoxy) is 1. The second-order valence-electron chi connectivity index (χ2n) is 9.14. The molecule has 1 saturated heterocycles. The van der Waals surface area contributed by atoms with Gasteiger partial charge < -0.3 is 15.4 Å². The normalized spacial score (nSPS) is 31.9. The third-order valence-electron chi connectivity index (χ3n) is 7.15. The molecule has 1 amide bonds. The van der Waals surface area contributed by atoms with Crippen LogP contribution in [0.2, 0.25) is 0 Å². The third-order valence-corrected chi connectivity index (χ3v) is 7.15. The Hall–Kier alpha value is -1.53. The van der Waals surface area contributed by atoms with Gasteiger partial charge in [-0.3, -0.25) is 4.79 Å². The van der Waals surface area contributed by atoms with E-state index in [1.165, 1.54) is 6.07 Å². The molecular formula is C23H32F2N2O2. The fourth-order valence-electron chi connectivity index (χ4n) is 4.98. The molecule has 29 heavy (non-hydrogen) atoms. The minimum absolute atomic E-state index is 0.0142. The van der Waals surface area contributed by atoms with Gasteiger partial charge in [-0.25, -0.2) is 8.78 Å². The Morgan fingerprint density at radius 1 is 1.21 bits per heavy atom. The lowest BCUT2D eigenvalue weighted by molar-refractivity contribution is -0.152. The first-order chi connectivity index (χ1) is 13.9. The number of halogens is 2. The maximum absolute atomic E-state index is 14.5. The summed E-state index contributed by atoms with van der Waals surface area (Å²) in [6.07, 6.45) is 6.23. The van der Waals surface area contributed by atoms with Crippen LogP contribution in [0.4, 0.5) is 8.78 Å². The van der Waals surface area contributed by atoms with Gasteiger partial charge in [-0.15, -0.1) is 0 Å². The van der Waals surface area contributed by atoms with Gasteiger partial charge in [-0.1, -0.05) is 12.1 Å². The number of amides is 1. The number of rotatable bonds is 5.